The molecule has 5 nitrogen and oxygen atoms in total. The maximum Gasteiger partial charge on any atom is 0.276 e. The van der Waals surface area contributed by atoms with Gasteiger partial charge in [-0.15, -0.1) is 11.3 Å². The average molecular weight is 464 g/mol. The van der Waals surface area contributed by atoms with Crippen LogP contribution in [0.1, 0.15) is 36.5 Å². The molecule has 2 aromatic carbocycles. The fourth-order valence-corrected chi connectivity index (χ4v) is 5.30. The summed E-state index contributed by atoms with van der Waals surface area (Å²) in [5.41, 5.74) is 5.37. The fraction of sp³-hybridized carbons (Fsp3) is 0.240. The Hall–Kier alpha value is -2.90. The molecule has 164 valence electrons. The van der Waals surface area contributed by atoms with Crippen molar-refractivity contribution in [2.24, 2.45) is 0 Å². The minimum absolute atomic E-state index is 0.108. The highest BCUT2D eigenvalue weighted by molar-refractivity contribution is 7.99. The molecule has 0 atom stereocenters. The highest BCUT2D eigenvalue weighted by atomic mass is 32.2. The third-order valence-corrected chi connectivity index (χ3v) is 6.93. The molecule has 4 rings (SSSR count). The zero-order valence-corrected chi connectivity index (χ0v) is 20.1. The molecule has 0 radical (unpaired) electrons. The number of thiophene rings is 1. The Morgan fingerprint density at radius 2 is 1.84 bits per heavy atom. The second-order valence-electron chi connectivity index (χ2n) is 8.09. The summed E-state index contributed by atoms with van der Waals surface area (Å²) < 4.78 is 2.24. The van der Waals surface area contributed by atoms with E-state index in [0.717, 1.165) is 28.1 Å². The summed E-state index contributed by atoms with van der Waals surface area (Å²) in [6.45, 7) is 8.21. The SMILES string of the molecule is Cc1cc(C)cc(-n2c(SCC(=O)Nc3ccccc3C(C)C)nc3ccsc3c2=O)c1. The number of hydrogen-bond donors (Lipinski definition) is 1. The Bertz CT molecular complexity index is 1330. The molecule has 4 aromatic rings. The predicted octanol–water partition coefficient (Wildman–Crippen LogP) is 5.92. The number of amides is 1. The number of carbonyl (C=O) groups excluding carboxylic acids is 1. The van der Waals surface area contributed by atoms with Gasteiger partial charge < -0.3 is 5.32 Å². The van der Waals surface area contributed by atoms with Crippen molar-refractivity contribution in [1.82, 2.24) is 9.55 Å². The Morgan fingerprint density at radius 1 is 1.12 bits per heavy atom. The number of aromatic nitrogens is 2. The van der Waals surface area contributed by atoms with Gasteiger partial charge in [-0.05, 0) is 66.1 Å². The van der Waals surface area contributed by atoms with Gasteiger partial charge in [-0.3, -0.25) is 14.2 Å². The number of nitrogens with one attached hydrogen (secondary N) is 1. The normalized spacial score (nSPS) is 11.3. The highest BCUT2D eigenvalue weighted by Gasteiger charge is 2.17. The summed E-state index contributed by atoms with van der Waals surface area (Å²) in [5.74, 6) is 0.325. The first-order chi connectivity index (χ1) is 15.3. The number of rotatable bonds is 6. The molecule has 1 N–H and O–H groups in total. The second-order valence-corrected chi connectivity index (χ2v) is 9.95. The smallest absolute Gasteiger partial charge is 0.276 e. The molecule has 0 bridgehead atoms. The largest absolute Gasteiger partial charge is 0.325 e. The van der Waals surface area contributed by atoms with E-state index >= 15 is 0 Å². The molecular weight excluding hydrogens is 438 g/mol. The van der Waals surface area contributed by atoms with Crippen molar-refractivity contribution >= 4 is 44.9 Å². The molecule has 0 saturated carbocycles. The summed E-state index contributed by atoms with van der Waals surface area (Å²) in [7, 11) is 0. The molecule has 32 heavy (non-hydrogen) atoms. The molecule has 2 aromatic heterocycles. The minimum Gasteiger partial charge on any atom is -0.325 e. The van der Waals surface area contributed by atoms with Gasteiger partial charge in [-0.2, -0.15) is 0 Å². The van der Waals surface area contributed by atoms with Crippen LogP contribution in [0.2, 0.25) is 0 Å². The quantitative estimate of drug-likeness (QED) is 0.285. The van der Waals surface area contributed by atoms with Crippen LogP contribution in [0.5, 0.6) is 0 Å². The lowest BCUT2D eigenvalue weighted by Gasteiger charge is -2.15. The van der Waals surface area contributed by atoms with E-state index in [4.69, 9.17) is 4.98 Å². The highest BCUT2D eigenvalue weighted by Crippen LogP contribution is 2.26. The van der Waals surface area contributed by atoms with Gasteiger partial charge in [0, 0.05) is 5.69 Å². The maximum atomic E-state index is 13.3. The van der Waals surface area contributed by atoms with E-state index in [1.807, 2.05) is 61.7 Å². The van der Waals surface area contributed by atoms with Crippen molar-refractivity contribution < 1.29 is 4.79 Å². The van der Waals surface area contributed by atoms with E-state index in [-0.39, 0.29) is 17.2 Å². The molecule has 0 aliphatic carbocycles. The molecule has 0 saturated heterocycles. The standard InChI is InChI=1S/C25H25N3O2S2/c1-15(2)19-7-5-6-8-20(19)26-22(29)14-32-25-27-21-9-10-31-23(21)24(30)28(25)18-12-16(3)11-17(4)13-18/h5-13,15H,14H2,1-4H3,(H,26,29). The fourth-order valence-electron chi connectivity index (χ4n) is 3.73. The first kappa shape index (κ1) is 22.3. The third-order valence-electron chi connectivity index (χ3n) is 5.10. The summed E-state index contributed by atoms with van der Waals surface area (Å²) in [6, 6.07) is 15.7. The number of benzene rings is 2. The maximum absolute atomic E-state index is 13.3. The molecule has 0 fully saturated rings. The van der Waals surface area contributed by atoms with Crippen molar-refractivity contribution in [3.05, 3.63) is 81.0 Å². The van der Waals surface area contributed by atoms with Gasteiger partial charge in [0.05, 0.1) is 17.0 Å². The summed E-state index contributed by atoms with van der Waals surface area (Å²) in [4.78, 5) is 30.8. The van der Waals surface area contributed by atoms with Gasteiger partial charge >= 0.3 is 0 Å². The van der Waals surface area contributed by atoms with E-state index in [1.54, 1.807) is 4.57 Å². The van der Waals surface area contributed by atoms with Crippen molar-refractivity contribution in [3.63, 3.8) is 0 Å². The molecule has 2 heterocycles. The van der Waals surface area contributed by atoms with Crippen LogP contribution >= 0.6 is 23.1 Å². The van der Waals surface area contributed by atoms with Crippen molar-refractivity contribution in [1.29, 1.82) is 0 Å². The molecular formula is C25H25N3O2S2. The monoisotopic (exact) mass is 463 g/mol. The van der Waals surface area contributed by atoms with Crippen LogP contribution in [0.15, 0.2) is 63.9 Å². The minimum atomic E-state index is -0.130. The Labute approximate surface area is 195 Å². The topological polar surface area (TPSA) is 64.0 Å². The molecule has 7 heteroatoms. The van der Waals surface area contributed by atoms with E-state index in [2.05, 4.69) is 25.2 Å². The molecule has 1 amide bonds. The van der Waals surface area contributed by atoms with Crippen LogP contribution < -0.4 is 10.9 Å². The number of thioether (sulfide) groups is 1. The number of aryl methyl sites for hydroxylation is 2. The van der Waals surface area contributed by atoms with Crippen LogP contribution in [-0.2, 0) is 4.79 Å². The van der Waals surface area contributed by atoms with Crippen LogP contribution in [0.3, 0.4) is 0 Å². The Kier molecular flexibility index (Phi) is 6.48. The zero-order valence-electron chi connectivity index (χ0n) is 18.5. The van der Waals surface area contributed by atoms with E-state index in [1.165, 1.54) is 23.1 Å². The van der Waals surface area contributed by atoms with Gasteiger partial charge in [0.15, 0.2) is 5.16 Å². The van der Waals surface area contributed by atoms with Crippen molar-refractivity contribution in [3.8, 4) is 5.69 Å². The van der Waals surface area contributed by atoms with E-state index < -0.39 is 0 Å². The lowest BCUT2D eigenvalue weighted by molar-refractivity contribution is -0.113. The van der Waals surface area contributed by atoms with Crippen LogP contribution in [0, 0.1) is 13.8 Å². The third kappa shape index (κ3) is 4.64. The van der Waals surface area contributed by atoms with Crippen molar-refractivity contribution in [2.75, 3.05) is 11.1 Å². The summed E-state index contributed by atoms with van der Waals surface area (Å²) >= 11 is 2.66. The van der Waals surface area contributed by atoms with Gasteiger partial charge in [0.25, 0.3) is 5.56 Å². The summed E-state index contributed by atoms with van der Waals surface area (Å²) in [6.07, 6.45) is 0. The van der Waals surface area contributed by atoms with E-state index in [9.17, 15) is 9.59 Å². The molecule has 0 aliphatic rings. The van der Waals surface area contributed by atoms with Crippen LogP contribution in [0.25, 0.3) is 15.9 Å². The summed E-state index contributed by atoms with van der Waals surface area (Å²) in [5, 5.41) is 5.40. The number of hydrogen-bond acceptors (Lipinski definition) is 5. The van der Waals surface area contributed by atoms with Gasteiger partial charge in [-0.25, -0.2) is 4.98 Å². The van der Waals surface area contributed by atoms with Crippen molar-refractivity contribution in [2.45, 2.75) is 38.8 Å². The van der Waals surface area contributed by atoms with Gasteiger partial charge in [0.1, 0.15) is 4.70 Å². The van der Waals surface area contributed by atoms with Gasteiger partial charge in [-0.1, -0.05) is 49.9 Å². The second kappa shape index (κ2) is 9.30. The Balaban J connectivity index is 1.66. The van der Waals surface area contributed by atoms with Gasteiger partial charge in [0.2, 0.25) is 5.91 Å². The first-order valence-electron chi connectivity index (χ1n) is 10.4. The molecule has 0 aliphatic heterocycles. The number of fused-ring (bicyclic) bond motifs is 1. The Morgan fingerprint density at radius 3 is 2.56 bits per heavy atom. The lowest BCUT2D eigenvalue weighted by Crippen LogP contribution is -2.22. The van der Waals surface area contributed by atoms with Crippen LogP contribution in [0.4, 0.5) is 5.69 Å². The number of anilines is 1. The number of carbonyl (C=O) groups is 1. The average Bonchev–Trinajstić information content (AvgIpc) is 3.21. The number of para-hydroxylation sites is 1. The predicted molar refractivity (Wildman–Crippen MR) is 135 cm³/mol. The first-order valence-corrected chi connectivity index (χ1v) is 12.3. The molecule has 0 spiro atoms. The number of nitrogens with zero attached hydrogens (tertiary/aromatic N) is 2. The lowest BCUT2D eigenvalue weighted by atomic mass is 10.0. The zero-order chi connectivity index (χ0) is 22.8. The molecule has 0 unspecified atom stereocenters. The van der Waals surface area contributed by atoms with E-state index in [0.29, 0.717) is 21.3 Å². The van der Waals surface area contributed by atoms with Crippen LogP contribution in [-0.4, -0.2) is 21.2 Å².